The van der Waals surface area contributed by atoms with Gasteiger partial charge in [-0.3, -0.25) is 9.59 Å². The lowest BCUT2D eigenvalue weighted by Crippen LogP contribution is -2.56. The Balaban J connectivity index is 2.67. The molecule has 1 aliphatic heterocycles. The lowest BCUT2D eigenvalue weighted by molar-refractivity contribution is -0.138. The number of rotatable bonds is 4. The molecule has 0 aromatic heterocycles. The third-order valence-corrected chi connectivity index (χ3v) is 3.48. The average molecular weight is 299 g/mol. The average Bonchev–Trinajstić information content (AvgIpc) is 2.86. The van der Waals surface area contributed by atoms with E-state index in [0.717, 1.165) is 25.9 Å². The largest absolute Gasteiger partial charge is 0.480 e. The number of aliphatic carboxylic acids is 1. The van der Waals surface area contributed by atoms with Crippen LogP contribution in [0.4, 0.5) is 4.79 Å². The summed E-state index contributed by atoms with van der Waals surface area (Å²) in [5.74, 6) is -1.20. The summed E-state index contributed by atoms with van der Waals surface area (Å²) in [6.07, 6.45) is 1.97. The van der Waals surface area contributed by atoms with Gasteiger partial charge in [0.2, 0.25) is 5.91 Å². The van der Waals surface area contributed by atoms with Crippen molar-refractivity contribution in [2.45, 2.75) is 52.1 Å². The summed E-state index contributed by atoms with van der Waals surface area (Å²) >= 11 is 0. The summed E-state index contributed by atoms with van der Waals surface area (Å²) in [7, 11) is 0. The van der Waals surface area contributed by atoms with Gasteiger partial charge in [-0.05, 0) is 40.5 Å². The Labute approximate surface area is 125 Å². The van der Waals surface area contributed by atoms with Crippen LogP contribution in [-0.2, 0) is 9.59 Å². The number of nitrogens with zero attached hydrogens (tertiary/aromatic N) is 2. The van der Waals surface area contributed by atoms with Crippen LogP contribution in [0.3, 0.4) is 0 Å². The van der Waals surface area contributed by atoms with E-state index in [1.165, 1.54) is 4.90 Å². The summed E-state index contributed by atoms with van der Waals surface area (Å²) in [4.78, 5) is 38.2. The number of carbonyl (C=O) groups excluding carboxylic acids is 2. The third-order valence-electron chi connectivity index (χ3n) is 3.48. The maximum absolute atomic E-state index is 12.2. The van der Waals surface area contributed by atoms with E-state index >= 15 is 0 Å². The van der Waals surface area contributed by atoms with Crippen LogP contribution in [0.1, 0.15) is 40.5 Å². The van der Waals surface area contributed by atoms with Gasteiger partial charge in [-0.2, -0.15) is 0 Å². The Bertz CT molecular complexity index is 411. The monoisotopic (exact) mass is 299 g/mol. The normalized spacial score (nSPS) is 16.5. The van der Waals surface area contributed by atoms with E-state index in [-0.39, 0.29) is 5.91 Å². The number of amides is 3. The van der Waals surface area contributed by atoms with Crippen molar-refractivity contribution in [2.24, 2.45) is 0 Å². The minimum atomic E-state index is -1.08. The second-order valence-electron chi connectivity index (χ2n) is 6.35. The molecule has 0 aromatic carbocycles. The summed E-state index contributed by atoms with van der Waals surface area (Å²) in [6.45, 7) is 7.92. The lowest BCUT2D eigenvalue weighted by Gasteiger charge is -2.35. The van der Waals surface area contributed by atoms with Crippen molar-refractivity contribution in [1.82, 2.24) is 15.1 Å². The predicted molar refractivity (Wildman–Crippen MR) is 77.9 cm³/mol. The fourth-order valence-electron chi connectivity index (χ4n) is 2.29. The summed E-state index contributed by atoms with van der Waals surface area (Å²) in [6, 6.07) is -1.20. The highest BCUT2D eigenvalue weighted by Gasteiger charge is 2.31. The SMILES string of the molecule is CC(NC(=O)N(CC(=O)O)C(C)(C)C)C(=O)N1CCCC1. The summed E-state index contributed by atoms with van der Waals surface area (Å²) < 4.78 is 0. The fraction of sp³-hybridized carbons (Fsp3) is 0.786. The van der Waals surface area contributed by atoms with E-state index in [1.807, 2.05) is 0 Å². The highest BCUT2D eigenvalue weighted by molar-refractivity contribution is 5.88. The Morgan fingerprint density at radius 2 is 1.76 bits per heavy atom. The second-order valence-corrected chi connectivity index (χ2v) is 6.35. The van der Waals surface area contributed by atoms with E-state index in [1.54, 1.807) is 32.6 Å². The van der Waals surface area contributed by atoms with Crippen LogP contribution in [0, 0.1) is 0 Å². The highest BCUT2D eigenvalue weighted by Crippen LogP contribution is 2.14. The Morgan fingerprint density at radius 3 is 2.19 bits per heavy atom. The van der Waals surface area contributed by atoms with E-state index in [9.17, 15) is 14.4 Å². The molecule has 0 radical (unpaired) electrons. The first-order valence-electron chi connectivity index (χ1n) is 7.21. The molecule has 7 nitrogen and oxygen atoms in total. The molecule has 2 N–H and O–H groups in total. The molecular formula is C14H25N3O4. The zero-order valence-corrected chi connectivity index (χ0v) is 13.2. The Kier molecular flexibility index (Phi) is 5.57. The van der Waals surface area contributed by atoms with Crippen LogP contribution in [0.2, 0.25) is 0 Å². The smallest absolute Gasteiger partial charge is 0.323 e. The molecule has 1 aliphatic rings. The van der Waals surface area contributed by atoms with Crippen molar-refractivity contribution >= 4 is 17.9 Å². The van der Waals surface area contributed by atoms with Crippen molar-refractivity contribution < 1.29 is 19.5 Å². The predicted octanol–water partition coefficient (Wildman–Crippen LogP) is 0.892. The van der Waals surface area contributed by atoms with Gasteiger partial charge in [0.25, 0.3) is 0 Å². The van der Waals surface area contributed by atoms with Crippen molar-refractivity contribution in [2.75, 3.05) is 19.6 Å². The third kappa shape index (κ3) is 4.91. The van der Waals surface area contributed by atoms with Gasteiger partial charge in [0.05, 0.1) is 0 Å². The second kappa shape index (κ2) is 6.78. The molecule has 0 saturated carbocycles. The molecule has 1 rings (SSSR count). The molecule has 1 atom stereocenters. The standard InChI is InChI=1S/C14H25N3O4/c1-10(12(20)16-7-5-6-8-16)15-13(21)17(9-11(18)19)14(2,3)4/h10H,5-9H2,1-4H3,(H,15,21)(H,18,19). The van der Waals surface area contributed by atoms with Crippen molar-refractivity contribution in [1.29, 1.82) is 0 Å². The molecule has 0 bridgehead atoms. The van der Waals surface area contributed by atoms with Gasteiger partial charge in [-0.15, -0.1) is 0 Å². The van der Waals surface area contributed by atoms with Crippen molar-refractivity contribution in [3.8, 4) is 0 Å². The van der Waals surface area contributed by atoms with Crippen LogP contribution in [-0.4, -0.2) is 64.0 Å². The topological polar surface area (TPSA) is 90.0 Å². The first-order valence-corrected chi connectivity index (χ1v) is 7.21. The van der Waals surface area contributed by atoms with E-state index in [2.05, 4.69) is 5.32 Å². The first-order chi connectivity index (χ1) is 9.62. The first kappa shape index (κ1) is 17.3. The zero-order valence-electron chi connectivity index (χ0n) is 13.2. The molecule has 3 amide bonds. The molecule has 0 aliphatic carbocycles. The fourth-order valence-corrected chi connectivity index (χ4v) is 2.29. The van der Waals surface area contributed by atoms with E-state index in [4.69, 9.17) is 5.11 Å². The molecular weight excluding hydrogens is 274 g/mol. The zero-order chi connectivity index (χ0) is 16.2. The number of carbonyl (C=O) groups is 3. The van der Waals surface area contributed by atoms with Crippen LogP contribution < -0.4 is 5.32 Å². The van der Waals surface area contributed by atoms with Gasteiger partial charge >= 0.3 is 12.0 Å². The number of carboxylic acid groups (broad SMARTS) is 1. The molecule has 1 fully saturated rings. The minimum Gasteiger partial charge on any atom is -0.480 e. The van der Waals surface area contributed by atoms with Gasteiger partial charge in [0.15, 0.2) is 0 Å². The molecule has 0 spiro atoms. The number of hydrogen-bond acceptors (Lipinski definition) is 3. The maximum atomic E-state index is 12.2. The van der Waals surface area contributed by atoms with Crippen LogP contribution in [0.5, 0.6) is 0 Å². The molecule has 1 unspecified atom stereocenters. The summed E-state index contributed by atoms with van der Waals surface area (Å²) in [5.41, 5.74) is -0.640. The number of carboxylic acids is 1. The van der Waals surface area contributed by atoms with Crippen molar-refractivity contribution in [3.63, 3.8) is 0 Å². The van der Waals surface area contributed by atoms with Gasteiger partial charge in [-0.1, -0.05) is 0 Å². The number of nitrogens with one attached hydrogen (secondary N) is 1. The van der Waals surface area contributed by atoms with Gasteiger partial charge in [0.1, 0.15) is 12.6 Å². The van der Waals surface area contributed by atoms with E-state index < -0.39 is 30.1 Å². The Hall–Kier alpha value is -1.79. The highest BCUT2D eigenvalue weighted by atomic mass is 16.4. The lowest BCUT2D eigenvalue weighted by atomic mass is 10.1. The molecule has 21 heavy (non-hydrogen) atoms. The molecule has 7 heteroatoms. The minimum absolute atomic E-state index is 0.120. The number of urea groups is 1. The quantitative estimate of drug-likeness (QED) is 0.806. The van der Waals surface area contributed by atoms with E-state index in [0.29, 0.717) is 0 Å². The molecule has 0 aromatic rings. The molecule has 1 heterocycles. The Morgan fingerprint density at radius 1 is 1.24 bits per heavy atom. The van der Waals surface area contributed by atoms with Gasteiger partial charge in [0, 0.05) is 18.6 Å². The maximum Gasteiger partial charge on any atom is 0.323 e. The molecule has 1 saturated heterocycles. The van der Waals surface area contributed by atoms with Gasteiger partial charge < -0.3 is 20.2 Å². The number of likely N-dealkylation sites (tertiary alicyclic amines) is 1. The summed E-state index contributed by atoms with van der Waals surface area (Å²) in [5, 5.41) is 11.5. The van der Waals surface area contributed by atoms with Crippen LogP contribution >= 0.6 is 0 Å². The molecule has 120 valence electrons. The number of hydrogen-bond donors (Lipinski definition) is 2. The van der Waals surface area contributed by atoms with Crippen LogP contribution in [0.25, 0.3) is 0 Å². The van der Waals surface area contributed by atoms with Crippen LogP contribution in [0.15, 0.2) is 0 Å². The van der Waals surface area contributed by atoms with Crippen molar-refractivity contribution in [3.05, 3.63) is 0 Å². The van der Waals surface area contributed by atoms with Gasteiger partial charge in [-0.25, -0.2) is 4.79 Å².